The van der Waals surface area contributed by atoms with Gasteiger partial charge in [-0.2, -0.15) is 5.10 Å². The molecule has 1 aromatic rings. The van der Waals surface area contributed by atoms with Gasteiger partial charge >= 0.3 is 0 Å². The largest absolute Gasteiger partial charge is 0.329 e. The lowest BCUT2D eigenvalue weighted by Gasteiger charge is -2.35. The second-order valence-electron chi connectivity index (χ2n) is 4.52. The minimum absolute atomic E-state index is 0.000741. The Kier molecular flexibility index (Phi) is 2.17. The first-order valence-corrected chi connectivity index (χ1v) is 5.77. The molecule has 0 saturated carbocycles. The van der Waals surface area contributed by atoms with Crippen molar-refractivity contribution in [2.24, 2.45) is 7.05 Å². The molecule has 1 unspecified atom stereocenters. The van der Waals surface area contributed by atoms with Crippen LogP contribution in [0.25, 0.3) is 0 Å². The average Bonchev–Trinajstić information content (AvgIpc) is 2.91. The first-order chi connectivity index (χ1) is 8.16. The lowest BCUT2D eigenvalue weighted by atomic mass is 10.1. The van der Waals surface area contributed by atoms with E-state index in [0.29, 0.717) is 12.4 Å². The Morgan fingerprint density at radius 1 is 1.41 bits per heavy atom. The van der Waals surface area contributed by atoms with Crippen LogP contribution in [0.1, 0.15) is 12.8 Å². The van der Waals surface area contributed by atoms with E-state index in [9.17, 15) is 9.59 Å². The number of aryl methyl sites for hydroxylation is 1. The van der Waals surface area contributed by atoms with Crippen molar-refractivity contribution in [1.29, 1.82) is 0 Å². The first-order valence-electron chi connectivity index (χ1n) is 5.77. The number of piperazine rings is 1. The van der Waals surface area contributed by atoms with E-state index in [2.05, 4.69) is 5.10 Å². The number of aromatic nitrogens is 2. The molecular formula is C11H14N4O2. The van der Waals surface area contributed by atoms with E-state index in [0.717, 1.165) is 12.8 Å². The molecule has 2 fully saturated rings. The molecule has 0 radical (unpaired) electrons. The van der Waals surface area contributed by atoms with E-state index in [-0.39, 0.29) is 24.4 Å². The Bertz CT molecular complexity index is 482. The van der Waals surface area contributed by atoms with Crippen LogP contribution in [0.4, 0.5) is 5.82 Å². The minimum atomic E-state index is -0.266. The van der Waals surface area contributed by atoms with Gasteiger partial charge in [0.2, 0.25) is 5.91 Å². The van der Waals surface area contributed by atoms with Gasteiger partial charge in [-0.1, -0.05) is 0 Å². The van der Waals surface area contributed by atoms with E-state index in [1.165, 1.54) is 4.90 Å². The van der Waals surface area contributed by atoms with Crippen LogP contribution in [0.15, 0.2) is 12.3 Å². The summed E-state index contributed by atoms with van der Waals surface area (Å²) in [4.78, 5) is 27.3. The van der Waals surface area contributed by atoms with Crippen molar-refractivity contribution in [2.75, 3.05) is 18.0 Å². The van der Waals surface area contributed by atoms with Crippen molar-refractivity contribution < 1.29 is 9.59 Å². The fraction of sp³-hybridized carbons (Fsp3) is 0.545. The highest BCUT2D eigenvalue weighted by Gasteiger charge is 2.42. The highest BCUT2D eigenvalue weighted by Crippen LogP contribution is 2.26. The number of hydrogen-bond acceptors (Lipinski definition) is 3. The summed E-state index contributed by atoms with van der Waals surface area (Å²) in [6.07, 6.45) is 3.46. The molecule has 2 aliphatic rings. The molecule has 3 rings (SSSR count). The van der Waals surface area contributed by atoms with Gasteiger partial charge in [0, 0.05) is 25.9 Å². The predicted octanol–water partition coefficient (Wildman–Crippen LogP) is -0.242. The smallest absolute Gasteiger partial charge is 0.251 e. The summed E-state index contributed by atoms with van der Waals surface area (Å²) in [6, 6.07) is 1.49. The van der Waals surface area contributed by atoms with Gasteiger partial charge in [-0.05, 0) is 12.8 Å². The van der Waals surface area contributed by atoms with Crippen molar-refractivity contribution in [2.45, 2.75) is 18.9 Å². The van der Waals surface area contributed by atoms with Crippen molar-refractivity contribution in [3.8, 4) is 0 Å². The Balaban J connectivity index is 1.91. The zero-order chi connectivity index (χ0) is 12.0. The van der Waals surface area contributed by atoms with Gasteiger partial charge in [-0.15, -0.1) is 0 Å². The Morgan fingerprint density at radius 2 is 2.24 bits per heavy atom. The maximum absolute atomic E-state index is 12.2. The summed E-state index contributed by atoms with van der Waals surface area (Å²) < 4.78 is 1.63. The standard InChI is InChI=1S/C11H14N4O2/c1-13-6-4-9(12-13)15-7-10(16)14-5-2-3-8(14)11(15)17/h4,6,8H,2-3,5,7H2,1H3. The summed E-state index contributed by atoms with van der Waals surface area (Å²) in [5, 5.41) is 4.18. The summed E-state index contributed by atoms with van der Waals surface area (Å²) >= 11 is 0. The van der Waals surface area contributed by atoms with E-state index in [4.69, 9.17) is 0 Å². The fourth-order valence-electron chi connectivity index (χ4n) is 2.55. The van der Waals surface area contributed by atoms with E-state index in [1.807, 2.05) is 0 Å². The Labute approximate surface area is 98.8 Å². The molecule has 0 N–H and O–H groups in total. The number of carbonyl (C=O) groups excluding carboxylic acids is 2. The van der Waals surface area contributed by atoms with E-state index in [1.54, 1.807) is 28.9 Å². The molecule has 1 atom stereocenters. The summed E-state index contributed by atoms with van der Waals surface area (Å²) in [5.41, 5.74) is 0. The fourth-order valence-corrected chi connectivity index (χ4v) is 2.55. The molecule has 6 nitrogen and oxygen atoms in total. The van der Waals surface area contributed by atoms with E-state index < -0.39 is 0 Å². The van der Waals surface area contributed by atoms with Crippen molar-refractivity contribution in [3.05, 3.63) is 12.3 Å². The minimum Gasteiger partial charge on any atom is -0.329 e. The average molecular weight is 234 g/mol. The number of hydrogen-bond donors (Lipinski definition) is 0. The molecule has 2 amide bonds. The second-order valence-corrected chi connectivity index (χ2v) is 4.52. The molecule has 0 aliphatic carbocycles. The Morgan fingerprint density at radius 3 is 2.94 bits per heavy atom. The molecular weight excluding hydrogens is 220 g/mol. The number of amides is 2. The topological polar surface area (TPSA) is 58.4 Å². The number of rotatable bonds is 1. The molecule has 17 heavy (non-hydrogen) atoms. The van der Waals surface area contributed by atoms with Crippen LogP contribution in [0.5, 0.6) is 0 Å². The molecule has 0 bridgehead atoms. The molecule has 1 aromatic heterocycles. The van der Waals surface area contributed by atoms with Gasteiger partial charge in [0.1, 0.15) is 12.6 Å². The lowest BCUT2D eigenvalue weighted by Crippen LogP contribution is -2.57. The molecule has 2 saturated heterocycles. The molecule has 0 spiro atoms. The maximum Gasteiger partial charge on any atom is 0.251 e. The summed E-state index contributed by atoms with van der Waals surface area (Å²) in [5.74, 6) is 0.593. The SMILES string of the molecule is Cn1ccc(N2CC(=O)N3CCCC3C2=O)n1. The summed E-state index contributed by atoms with van der Waals surface area (Å²) in [7, 11) is 1.79. The number of fused-ring (bicyclic) bond motifs is 1. The third-order valence-electron chi connectivity index (χ3n) is 3.39. The van der Waals surface area contributed by atoms with E-state index >= 15 is 0 Å². The van der Waals surface area contributed by atoms with Gasteiger partial charge in [0.15, 0.2) is 5.82 Å². The second kappa shape index (κ2) is 3.58. The number of nitrogens with zero attached hydrogens (tertiary/aromatic N) is 4. The third-order valence-corrected chi connectivity index (χ3v) is 3.39. The lowest BCUT2D eigenvalue weighted by molar-refractivity contribution is -0.140. The normalized spacial score (nSPS) is 24.4. The van der Waals surface area contributed by atoms with Crippen LogP contribution in [-0.4, -0.2) is 45.6 Å². The van der Waals surface area contributed by atoms with Crippen molar-refractivity contribution >= 4 is 17.6 Å². The zero-order valence-corrected chi connectivity index (χ0v) is 9.67. The number of anilines is 1. The van der Waals surface area contributed by atoms with Gasteiger partial charge < -0.3 is 4.90 Å². The van der Waals surface area contributed by atoms with Gasteiger partial charge in [-0.25, -0.2) is 0 Å². The maximum atomic E-state index is 12.2. The molecule has 2 aliphatic heterocycles. The monoisotopic (exact) mass is 234 g/mol. The number of carbonyl (C=O) groups is 2. The zero-order valence-electron chi connectivity index (χ0n) is 9.67. The predicted molar refractivity (Wildman–Crippen MR) is 60.3 cm³/mol. The molecule has 3 heterocycles. The molecule has 0 aromatic carbocycles. The highest BCUT2D eigenvalue weighted by molar-refractivity contribution is 6.06. The van der Waals surface area contributed by atoms with Crippen LogP contribution in [0.3, 0.4) is 0 Å². The quantitative estimate of drug-likeness (QED) is 0.673. The third kappa shape index (κ3) is 1.51. The van der Waals surface area contributed by atoms with Crippen LogP contribution in [-0.2, 0) is 16.6 Å². The summed E-state index contributed by atoms with van der Waals surface area (Å²) in [6.45, 7) is 0.831. The van der Waals surface area contributed by atoms with Crippen LogP contribution in [0.2, 0.25) is 0 Å². The van der Waals surface area contributed by atoms with Gasteiger partial charge in [0.25, 0.3) is 5.91 Å². The van der Waals surface area contributed by atoms with Gasteiger partial charge in [0.05, 0.1) is 0 Å². The van der Waals surface area contributed by atoms with Crippen molar-refractivity contribution in [1.82, 2.24) is 14.7 Å². The van der Waals surface area contributed by atoms with Gasteiger partial charge in [-0.3, -0.25) is 19.2 Å². The first kappa shape index (κ1) is 10.3. The van der Waals surface area contributed by atoms with Crippen LogP contribution < -0.4 is 4.90 Å². The van der Waals surface area contributed by atoms with Crippen LogP contribution in [0, 0.1) is 0 Å². The van der Waals surface area contributed by atoms with Crippen LogP contribution >= 0.6 is 0 Å². The molecule has 6 heteroatoms. The Hall–Kier alpha value is -1.85. The van der Waals surface area contributed by atoms with Crippen molar-refractivity contribution in [3.63, 3.8) is 0 Å². The highest BCUT2D eigenvalue weighted by atomic mass is 16.2. The molecule has 90 valence electrons.